The summed E-state index contributed by atoms with van der Waals surface area (Å²) in [5.74, 6) is 0.240. The molecule has 0 heterocycles. The molecule has 0 saturated heterocycles. The van der Waals surface area contributed by atoms with Crippen molar-refractivity contribution in [3.8, 4) is 17.2 Å². The van der Waals surface area contributed by atoms with E-state index in [0.717, 1.165) is 62.5 Å². The van der Waals surface area contributed by atoms with E-state index < -0.39 is 6.16 Å². The number of phenolic OH excluding ortho intramolecular Hbond substituents is 1. The molecule has 5 heteroatoms. The van der Waals surface area contributed by atoms with Gasteiger partial charge in [-0.2, -0.15) is 0 Å². The van der Waals surface area contributed by atoms with Gasteiger partial charge in [-0.15, -0.1) is 0 Å². The molecule has 0 atom stereocenters. The van der Waals surface area contributed by atoms with Gasteiger partial charge in [0.25, 0.3) is 0 Å². The second-order valence-electron chi connectivity index (χ2n) is 9.15. The summed E-state index contributed by atoms with van der Waals surface area (Å²) in [7, 11) is 0. The largest absolute Gasteiger partial charge is 0.511 e. The zero-order valence-corrected chi connectivity index (χ0v) is 21.4. The van der Waals surface area contributed by atoms with E-state index >= 15 is 0 Å². The van der Waals surface area contributed by atoms with Crippen molar-refractivity contribution in [3.63, 3.8) is 0 Å². The molecule has 1 rings (SSSR count). The fourth-order valence-electron chi connectivity index (χ4n) is 4.24. The van der Waals surface area contributed by atoms with Gasteiger partial charge >= 0.3 is 6.16 Å². The van der Waals surface area contributed by atoms with Crippen molar-refractivity contribution < 1.29 is 24.5 Å². The molecule has 0 aliphatic carbocycles. The second-order valence-corrected chi connectivity index (χ2v) is 9.15. The molecule has 190 valence electrons. The Labute approximate surface area is 201 Å². The molecule has 0 amide bonds. The lowest BCUT2D eigenvalue weighted by Gasteiger charge is -2.19. The Hall–Kier alpha value is -1.91. The summed E-state index contributed by atoms with van der Waals surface area (Å²) < 4.78 is 11.0. The molecule has 0 bridgehead atoms. The highest BCUT2D eigenvalue weighted by molar-refractivity contribution is 5.67. The third kappa shape index (κ3) is 12.2. The van der Waals surface area contributed by atoms with Gasteiger partial charge in [-0.3, -0.25) is 0 Å². The summed E-state index contributed by atoms with van der Waals surface area (Å²) in [6.07, 6.45) is 17.6. The van der Waals surface area contributed by atoms with Gasteiger partial charge < -0.3 is 19.7 Å². The van der Waals surface area contributed by atoms with Crippen molar-refractivity contribution in [3.05, 3.63) is 17.2 Å². The van der Waals surface area contributed by atoms with Crippen LogP contribution < -0.4 is 9.47 Å². The van der Waals surface area contributed by atoms with Crippen molar-refractivity contribution in [1.82, 2.24) is 0 Å². The lowest BCUT2D eigenvalue weighted by Crippen LogP contribution is -2.08. The molecule has 5 nitrogen and oxygen atoms in total. The first kappa shape index (κ1) is 29.1. The quantitative estimate of drug-likeness (QED) is 0.114. The summed E-state index contributed by atoms with van der Waals surface area (Å²) in [5, 5.41) is 20.0. The number of ether oxygens (including phenoxy) is 2. The fourth-order valence-corrected chi connectivity index (χ4v) is 4.24. The Kier molecular flexibility index (Phi) is 16.3. The predicted octanol–water partition coefficient (Wildman–Crippen LogP) is 8.82. The Morgan fingerprint density at radius 2 is 1.27 bits per heavy atom. The van der Waals surface area contributed by atoms with Gasteiger partial charge in [0.1, 0.15) is 0 Å². The fraction of sp³-hybridized carbons (Fsp3) is 0.750. The molecule has 0 saturated carbocycles. The molecule has 1 aromatic carbocycles. The van der Waals surface area contributed by atoms with Crippen molar-refractivity contribution in [2.45, 2.75) is 130 Å². The van der Waals surface area contributed by atoms with E-state index in [1.54, 1.807) is 6.07 Å². The number of hydrogen-bond acceptors (Lipinski definition) is 4. The number of benzene rings is 1. The zero-order valence-electron chi connectivity index (χ0n) is 21.4. The van der Waals surface area contributed by atoms with Crippen molar-refractivity contribution in [2.24, 2.45) is 0 Å². The summed E-state index contributed by atoms with van der Waals surface area (Å²) in [4.78, 5) is 11.2. The van der Waals surface area contributed by atoms with E-state index in [1.165, 1.54) is 57.8 Å². The van der Waals surface area contributed by atoms with Crippen molar-refractivity contribution in [2.75, 3.05) is 6.61 Å². The Balaban J connectivity index is 2.97. The van der Waals surface area contributed by atoms with Crippen LogP contribution in [-0.2, 0) is 12.8 Å². The predicted molar refractivity (Wildman–Crippen MR) is 136 cm³/mol. The van der Waals surface area contributed by atoms with E-state index in [9.17, 15) is 9.90 Å². The lowest BCUT2D eigenvalue weighted by molar-refractivity contribution is 0.142. The van der Waals surface area contributed by atoms with Crippen LogP contribution in [0.25, 0.3) is 0 Å². The lowest BCUT2D eigenvalue weighted by atomic mass is 9.94. The number of carboxylic acid groups (broad SMARTS) is 1. The van der Waals surface area contributed by atoms with Gasteiger partial charge in [-0.05, 0) is 43.7 Å². The summed E-state index contributed by atoms with van der Waals surface area (Å²) in [6.45, 7) is 7.13. The van der Waals surface area contributed by atoms with Crippen LogP contribution in [0.1, 0.15) is 128 Å². The molecule has 0 aromatic heterocycles. The minimum atomic E-state index is -1.42. The molecule has 0 aliphatic rings. The maximum absolute atomic E-state index is 11.2. The van der Waals surface area contributed by atoms with Gasteiger partial charge in [-0.1, -0.05) is 97.8 Å². The van der Waals surface area contributed by atoms with Gasteiger partial charge in [0.05, 0.1) is 6.61 Å². The average molecular weight is 465 g/mol. The first-order valence-electron chi connectivity index (χ1n) is 13.5. The average Bonchev–Trinajstić information content (AvgIpc) is 2.79. The summed E-state index contributed by atoms with van der Waals surface area (Å²) in [5.41, 5.74) is 2.08. The van der Waals surface area contributed by atoms with E-state index in [-0.39, 0.29) is 11.5 Å². The number of unbranched alkanes of at least 4 members (excludes halogenated alkanes) is 12. The number of aryl methyl sites for hydroxylation is 1. The van der Waals surface area contributed by atoms with Crippen LogP contribution in [0.5, 0.6) is 17.2 Å². The molecule has 33 heavy (non-hydrogen) atoms. The maximum atomic E-state index is 11.2. The van der Waals surface area contributed by atoms with E-state index in [0.29, 0.717) is 12.4 Å². The number of aromatic hydroxyl groups is 1. The van der Waals surface area contributed by atoms with Crippen molar-refractivity contribution >= 4 is 6.16 Å². The second kappa shape index (κ2) is 18.5. The molecular formula is C28H48O5. The Morgan fingerprint density at radius 1 is 0.758 bits per heavy atom. The molecule has 1 aromatic rings. The molecule has 0 spiro atoms. The van der Waals surface area contributed by atoms with E-state index in [4.69, 9.17) is 14.6 Å². The molecular weight excluding hydrogens is 416 g/mol. The van der Waals surface area contributed by atoms with Crippen molar-refractivity contribution in [1.29, 1.82) is 0 Å². The molecule has 0 aliphatic heterocycles. The SMILES string of the molecule is CCCCCCCCCOc1c(O)c(OC(=O)O)cc(CCCCCC)c1CCCCCC. The number of rotatable bonds is 20. The van der Waals surface area contributed by atoms with Crippen LogP contribution in [0.4, 0.5) is 4.79 Å². The van der Waals surface area contributed by atoms with Crippen LogP contribution in [0.3, 0.4) is 0 Å². The highest BCUT2D eigenvalue weighted by atomic mass is 16.7. The molecule has 2 N–H and O–H groups in total. The molecule has 0 unspecified atom stereocenters. The van der Waals surface area contributed by atoms with Gasteiger partial charge in [0.15, 0.2) is 11.5 Å². The van der Waals surface area contributed by atoms with Crippen LogP contribution in [0.15, 0.2) is 6.07 Å². The topological polar surface area (TPSA) is 76.0 Å². The Morgan fingerprint density at radius 3 is 1.85 bits per heavy atom. The highest BCUT2D eigenvalue weighted by Gasteiger charge is 2.21. The van der Waals surface area contributed by atoms with Gasteiger partial charge in [-0.25, -0.2) is 4.79 Å². The van der Waals surface area contributed by atoms with E-state index in [1.807, 2.05) is 0 Å². The van der Waals surface area contributed by atoms with Crippen LogP contribution in [0.2, 0.25) is 0 Å². The minimum Gasteiger partial charge on any atom is -0.502 e. The van der Waals surface area contributed by atoms with Gasteiger partial charge in [0.2, 0.25) is 5.75 Å². The molecule has 0 radical (unpaired) electrons. The maximum Gasteiger partial charge on any atom is 0.511 e. The normalized spacial score (nSPS) is 11.0. The van der Waals surface area contributed by atoms with Crippen LogP contribution >= 0.6 is 0 Å². The molecule has 0 fully saturated rings. The van der Waals surface area contributed by atoms with Crippen LogP contribution in [0, 0.1) is 0 Å². The summed E-state index contributed by atoms with van der Waals surface area (Å²) >= 11 is 0. The first-order valence-corrected chi connectivity index (χ1v) is 13.5. The number of phenols is 1. The standard InChI is InChI=1S/C28H48O5/c1-4-7-10-13-14-15-18-21-32-27-24(20-17-12-9-6-3)23(19-16-11-8-5-2)22-25(26(27)29)33-28(30)31/h22,29H,4-21H2,1-3H3,(H,30,31). The van der Waals surface area contributed by atoms with Gasteiger partial charge in [0, 0.05) is 5.56 Å². The number of carbonyl (C=O) groups is 1. The Bertz CT molecular complexity index is 656. The highest BCUT2D eigenvalue weighted by Crippen LogP contribution is 2.43. The number of hydrogen-bond donors (Lipinski definition) is 2. The monoisotopic (exact) mass is 464 g/mol. The smallest absolute Gasteiger partial charge is 0.502 e. The van der Waals surface area contributed by atoms with E-state index in [2.05, 4.69) is 20.8 Å². The van der Waals surface area contributed by atoms with Crippen LogP contribution in [-0.4, -0.2) is 23.0 Å². The first-order chi connectivity index (χ1) is 16.0. The third-order valence-electron chi connectivity index (χ3n) is 6.19. The zero-order chi connectivity index (χ0) is 24.3. The third-order valence-corrected chi connectivity index (χ3v) is 6.19. The minimum absolute atomic E-state index is 0.0140. The summed E-state index contributed by atoms with van der Waals surface area (Å²) in [6, 6.07) is 1.71.